The van der Waals surface area contributed by atoms with Gasteiger partial charge >= 0.3 is 0 Å². The molecule has 0 bridgehead atoms. The third-order valence-corrected chi connectivity index (χ3v) is 6.03. The van der Waals surface area contributed by atoms with Crippen LogP contribution >= 0.6 is 0 Å². The molecule has 3 fully saturated rings. The molecule has 1 heterocycles. The van der Waals surface area contributed by atoms with Crippen molar-refractivity contribution in [2.45, 2.75) is 29.8 Å². The number of benzene rings is 1. The van der Waals surface area contributed by atoms with E-state index in [2.05, 4.69) is 15.4 Å². The minimum atomic E-state index is -3.33. The number of nitrogens with one attached hydrogen (secondary N) is 3. The Kier molecular flexibility index (Phi) is 2.80. The fraction of sp³-hybridized carbons (Fsp3) is 0.571. The van der Waals surface area contributed by atoms with Gasteiger partial charge in [0.05, 0.1) is 4.90 Å². The van der Waals surface area contributed by atoms with Crippen molar-refractivity contribution >= 4 is 15.7 Å². The summed E-state index contributed by atoms with van der Waals surface area (Å²) >= 11 is 0. The van der Waals surface area contributed by atoms with Gasteiger partial charge in [-0.15, -0.1) is 0 Å². The summed E-state index contributed by atoms with van der Waals surface area (Å²) in [7, 11) is -3.33. The molecule has 4 rings (SSSR count). The van der Waals surface area contributed by atoms with Crippen molar-refractivity contribution < 1.29 is 8.42 Å². The van der Waals surface area contributed by atoms with Gasteiger partial charge in [0, 0.05) is 30.9 Å². The van der Waals surface area contributed by atoms with Crippen LogP contribution < -0.4 is 15.4 Å². The summed E-state index contributed by atoms with van der Waals surface area (Å²) in [5.74, 6) is 1.49. The summed E-state index contributed by atoms with van der Waals surface area (Å²) < 4.78 is 26.8. The van der Waals surface area contributed by atoms with Gasteiger partial charge in [0.1, 0.15) is 0 Å². The number of hydrogen-bond donors (Lipinski definition) is 3. The smallest absolute Gasteiger partial charge is 0.240 e. The SMILES string of the molecule is O=S(=O)(NC1CC1)c1ccc(NC2C3CNCC32)cc1. The predicted octanol–water partition coefficient (Wildman–Crippen LogP) is 0.757. The molecule has 20 heavy (non-hydrogen) atoms. The molecular weight excluding hydrogens is 274 g/mol. The first-order valence-electron chi connectivity index (χ1n) is 7.23. The Morgan fingerprint density at radius 3 is 2.30 bits per heavy atom. The number of fused-ring (bicyclic) bond motifs is 1. The Balaban J connectivity index is 1.43. The number of piperidine rings is 1. The third kappa shape index (κ3) is 2.32. The van der Waals surface area contributed by atoms with Gasteiger partial charge in [-0.3, -0.25) is 0 Å². The molecule has 0 spiro atoms. The van der Waals surface area contributed by atoms with Crippen molar-refractivity contribution in [3.05, 3.63) is 24.3 Å². The first-order valence-corrected chi connectivity index (χ1v) is 8.71. The van der Waals surface area contributed by atoms with E-state index in [1.807, 2.05) is 12.1 Å². The Labute approximate surface area is 119 Å². The molecule has 0 aromatic heterocycles. The Morgan fingerprint density at radius 1 is 1.05 bits per heavy atom. The fourth-order valence-electron chi connectivity index (χ4n) is 3.04. The molecule has 2 saturated carbocycles. The molecular formula is C14H19N3O2S. The molecule has 1 aliphatic heterocycles. The summed E-state index contributed by atoms with van der Waals surface area (Å²) in [5, 5.41) is 6.86. The summed E-state index contributed by atoms with van der Waals surface area (Å²) in [6, 6.07) is 7.80. The highest BCUT2D eigenvalue weighted by Gasteiger charge is 2.52. The highest BCUT2D eigenvalue weighted by atomic mass is 32.2. The lowest BCUT2D eigenvalue weighted by Crippen LogP contribution is -2.25. The lowest BCUT2D eigenvalue weighted by molar-refractivity contribution is 0.581. The summed E-state index contributed by atoms with van der Waals surface area (Å²) in [5.41, 5.74) is 1.01. The Morgan fingerprint density at radius 2 is 1.70 bits per heavy atom. The van der Waals surface area contributed by atoms with E-state index in [-0.39, 0.29) is 6.04 Å². The minimum absolute atomic E-state index is 0.149. The van der Waals surface area contributed by atoms with Gasteiger partial charge in [0.2, 0.25) is 10.0 Å². The van der Waals surface area contributed by atoms with Crippen LogP contribution in [0.3, 0.4) is 0 Å². The highest BCUT2D eigenvalue weighted by molar-refractivity contribution is 7.89. The van der Waals surface area contributed by atoms with E-state index in [4.69, 9.17) is 0 Å². The van der Waals surface area contributed by atoms with Crippen molar-refractivity contribution in [3.63, 3.8) is 0 Å². The Bertz CT molecular complexity index is 600. The number of anilines is 1. The van der Waals surface area contributed by atoms with Gasteiger partial charge in [-0.2, -0.15) is 0 Å². The van der Waals surface area contributed by atoms with Crippen molar-refractivity contribution in [3.8, 4) is 0 Å². The minimum Gasteiger partial charge on any atom is -0.382 e. The van der Waals surface area contributed by atoms with Crippen molar-refractivity contribution in [2.75, 3.05) is 18.4 Å². The molecule has 1 aromatic rings. The zero-order valence-corrected chi connectivity index (χ0v) is 12.0. The van der Waals surface area contributed by atoms with Crippen LogP contribution in [0.25, 0.3) is 0 Å². The molecule has 3 aliphatic rings. The molecule has 2 unspecified atom stereocenters. The molecule has 2 atom stereocenters. The normalized spacial score (nSPS) is 31.9. The maximum Gasteiger partial charge on any atom is 0.240 e. The maximum atomic E-state index is 12.0. The van der Waals surface area contributed by atoms with Gasteiger partial charge in [-0.05, 0) is 48.9 Å². The van der Waals surface area contributed by atoms with Crippen LogP contribution in [-0.2, 0) is 10.0 Å². The zero-order chi connectivity index (χ0) is 13.7. The van der Waals surface area contributed by atoms with Gasteiger partial charge in [0.25, 0.3) is 0 Å². The van der Waals surface area contributed by atoms with E-state index in [1.165, 1.54) is 0 Å². The molecule has 5 nitrogen and oxygen atoms in total. The average molecular weight is 293 g/mol. The lowest BCUT2D eigenvalue weighted by atomic mass is 10.3. The summed E-state index contributed by atoms with van der Waals surface area (Å²) in [6.07, 6.45) is 1.91. The number of rotatable bonds is 5. The van der Waals surface area contributed by atoms with E-state index in [0.717, 1.165) is 43.5 Å². The van der Waals surface area contributed by atoms with Crippen LogP contribution in [-0.4, -0.2) is 33.6 Å². The second-order valence-corrected chi connectivity index (χ2v) is 7.79. The number of sulfonamides is 1. The molecule has 0 radical (unpaired) electrons. The molecule has 0 amide bonds. The molecule has 3 N–H and O–H groups in total. The van der Waals surface area contributed by atoms with Gasteiger partial charge < -0.3 is 10.6 Å². The fourth-order valence-corrected chi connectivity index (χ4v) is 4.35. The van der Waals surface area contributed by atoms with Crippen LogP contribution in [0.15, 0.2) is 29.2 Å². The molecule has 108 valence electrons. The van der Waals surface area contributed by atoms with Gasteiger partial charge in [-0.1, -0.05) is 0 Å². The standard InChI is InChI=1S/C14H19N3O2S/c18-20(19,17-10-1-2-10)11-5-3-9(4-6-11)16-14-12-7-15-8-13(12)14/h3-6,10,12-17H,1-2,7-8H2. The topological polar surface area (TPSA) is 70.2 Å². The summed E-state index contributed by atoms with van der Waals surface area (Å²) in [4.78, 5) is 0.354. The Hall–Kier alpha value is -1.11. The van der Waals surface area contributed by atoms with Gasteiger partial charge in [0.15, 0.2) is 0 Å². The van der Waals surface area contributed by atoms with E-state index >= 15 is 0 Å². The molecule has 2 aliphatic carbocycles. The number of hydrogen-bond acceptors (Lipinski definition) is 4. The second kappa shape index (κ2) is 4.44. The molecule has 6 heteroatoms. The quantitative estimate of drug-likeness (QED) is 0.749. The molecule has 1 aromatic carbocycles. The summed E-state index contributed by atoms with van der Waals surface area (Å²) in [6.45, 7) is 2.19. The maximum absolute atomic E-state index is 12.0. The monoisotopic (exact) mass is 293 g/mol. The van der Waals surface area contributed by atoms with E-state index in [9.17, 15) is 8.42 Å². The first-order chi connectivity index (χ1) is 9.63. The largest absolute Gasteiger partial charge is 0.382 e. The van der Waals surface area contributed by atoms with Crippen molar-refractivity contribution in [1.29, 1.82) is 0 Å². The predicted molar refractivity (Wildman–Crippen MR) is 77.0 cm³/mol. The van der Waals surface area contributed by atoms with Crippen molar-refractivity contribution in [1.82, 2.24) is 10.0 Å². The zero-order valence-electron chi connectivity index (χ0n) is 11.2. The van der Waals surface area contributed by atoms with Crippen LogP contribution in [0.5, 0.6) is 0 Å². The second-order valence-electron chi connectivity index (χ2n) is 6.08. The van der Waals surface area contributed by atoms with Crippen LogP contribution in [0.4, 0.5) is 5.69 Å². The van der Waals surface area contributed by atoms with Gasteiger partial charge in [-0.25, -0.2) is 13.1 Å². The van der Waals surface area contributed by atoms with Crippen LogP contribution in [0.2, 0.25) is 0 Å². The van der Waals surface area contributed by atoms with E-state index in [0.29, 0.717) is 10.9 Å². The van der Waals surface area contributed by atoms with Crippen molar-refractivity contribution in [2.24, 2.45) is 11.8 Å². The van der Waals surface area contributed by atoms with Crippen LogP contribution in [0.1, 0.15) is 12.8 Å². The third-order valence-electron chi connectivity index (χ3n) is 4.49. The van der Waals surface area contributed by atoms with Crippen LogP contribution in [0, 0.1) is 11.8 Å². The van der Waals surface area contributed by atoms with E-state index < -0.39 is 10.0 Å². The highest BCUT2D eigenvalue weighted by Crippen LogP contribution is 2.43. The average Bonchev–Trinajstić information content (AvgIpc) is 3.30. The van der Waals surface area contributed by atoms with E-state index in [1.54, 1.807) is 12.1 Å². The molecule has 1 saturated heterocycles. The lowest BCUT2D eigenvalue weighted by Gasteiger charge is -2.10. The first kappa shape index (κ1) is 12.6.